The maximum absolute atomic E-state index is 12.1. The third-order valence-electron chi connectivity index (χ3n) is 7.40. The lowest BCUT2D eigenvalue weighted by molar-refractivity contribution is 0.0598. The number of aryl methyl sites for hydroxylation is 2. The first-order valence-electron chi connectivity index (χ1n) is 14.0. The zero-order valence-corrected chi connectivity index (χ0v) is 25.0. The Hall–Kier alpha value is -4.50. The molecule has 42 heavy (non-hydrogen) atoms. The summed E-state index contributed by atoms with van der Waals surface area (Å²) >= 11 is 0. The van der Waals surface area contributed by atoms with E-state index < -0.39 is 11.7 Å². The fourth-order valence-electron chi connectivity index (χ4n) is 5.31. The Morgan fingerprint density at radius 2 is 1.86 bits per heavy atom. The molecule has 0 atom stereocenters. The molecule has 5 rings (SSSR count). The number of rotatable bonds is 6. The van der Waals surface area contributed by atoms with Crippen LogP contribution in [0.2, 0.25) is 0 Å². The van der Waals surface area contributed by atoms with Crippen molar-refractivity contribution in [2.24, 2.45) is 7.05 Å². The van der Waals surface area contributed by atoms with E-state index in [2.05, 4.69) is 43.9 Å². The number of amides is 1. The summed E-state index contributed by atoms with van der Waals surface area (Å²) in [6.45, 7) is 10.1. The molecular formula is C33H37N5O4. The van der Waals surface area contributed by atoms with E-state index >= 15 is 0 Å². The minimum Gasteiger partial charge on any atom is -0.465 e. The normalized spacial score (nSPS) is 14.0. The number of aromatic nitrogens is 3. The Morgan fingerprint density at radius 1 is 1.05 bits per heavy atom. The van der Waals surface area contributed by atoms with E-state index in [1.165, 1.54) is 23.9 Å². The zero-order valence-electron chi connectivity index (χ0n) is 25.0. The molecule has 1 aromatic carbocycles. The third kappa shape index (κ3) is 6.36. The summed E-state index contributed by atoms with van der Waals surface area (Å²) < 4.78 is 12.3. The maximum atomic E-state index is 12.1. The molecule has 0 aliphatic carbocycles. The van der Waals surface area contributed by atoms with E-state index in [0.717, 1.165) is 53.8 Å². The number of carbonyl (C=O) groups is 2. The summed E-state index contributed by atoms with van der Waals surface area (Å²) in [7, 11) is 3.45. The van der Waals surface area contributed by atoms with Crippen LogP contribution >= 0.6 is 0 Å². The summed E-state index contributed by atoms with van der Waals surface area (Å²) in [5.41, 5.74) is 7.61. The van der Waals surface area contributed by atoms with Crippen LogP contribution < -0.4 is 5.32 Å². The first-order chi connectivity index (χ1) is 20.0. The smallest absolute Gasteiger partial charge is 0.413 e. The number of esters is 1. The van der Waals surface area contributed by atoms with Gasteiger partial charge in [0.05, 0.1) is 12.7 Å². The molecule has 0 radical (unpaired) electrons. The van der Waals surface area contributed by atoms with Crippen molar-refractivity contribution in [3.63, 3.8) is 0 Å². The second kappa shape index (κ2) is 11.8. The van der Waals surface area contributed by atoms with Crippen molar-refractivity contribution in [3.8, 4) is 11.1 Å². The second-order valence-electron chi connectivity index (χ2n) is 11.6. The first kappa shape index (κ1) is 29.0. The van der Waals surface area contributed by atoms with Gasteiger partial charge in [0, 0.05) is 55.7 Å². The number of pyridine rings is 2. The van der Waals surface area contributed by atoms with E-state index in [4.69, 9.17) is 9.47 Å². The van der Waals surface area contributed by atoms with Gasteiger partial charge in [-0.05, 0) is 92.8 Å². The molecule has 4 aromatic rings. The number of nitrogens with one attached hydrogen (secondary N) is 1. The topological polar surface area (TPSA) is 98.6 Å². The van der Waals surface area contributed by atoms with Gasteiger partial charge in [0.25, 0.3) is 0 Å². The number of methoxy groups -OCH3 is 1. The van der Waals surface area contributed by atoms with Crippen molar-refractivity contribution < 1.29 is 19.1 Å². The Kier molecular flexibility index (Phi) is 8.13. The van der Waals surface area contributed by atoms with Crippen LogP contribution in [-0.4, -0.2) is 57.3 Å². The number of ether oxygens (including phenoxy) is 2. The van der Waals surface area contributed by atoms with Gasteiger partial charge in [-0.2, -0.15) is 0 Å². The molecule has 218 valence electrons. The first-order valence-corrected chi connectivity index (χ1v) is 14.0. The van der Waals surface area contributed by atoms with Crippen molar-refractivity contribution >= 4 is 34.5 Å². The van der Waals surface area contributed by atoms with Crippen LogP contribution in [0.5, 0.6) is 0 Å². The third-order valence-corrected chi connectivity index (χ3v) is 7.40. The molecule has 1 N–H and O–H groups in total. The lowest BCUT2D eigenvalue weighted by Crippen LogP contribution is -2.29. The molecule has 3 aromatic heterocycles. The molecular weight excluding hydrogens is 530 g/mol. The van der Waals surface area contributed by atoms with Gasteiger partial charge < -0.3 is 14.0 Å². The number of anilines is 1. The Labute approximate surface area is 246 Å². The monoisotopic (exact) mass is 567 g/mol. The quantitative estimate of drug-likeness (QED) is 0.271. The summed E-state index contributed by atoms with van der Waals surface area (Å²) in [4.78, 5) is 35.5. The molecule has 0 saturated carbocycles. The van der Waals surface area contributed by atoms with E-state index in [1.807, 2.05) is 64.2 Å². The number of hydrogen-bond acceptors (Lipinski definition) is 7. The second-order valence-corrected chi connectivity index (χ2v) is 11.6. The predicted molar refractivity (Wildman–Crippen MR) is 164 cm³/mol. The fourth-order valence-corrected chi connectivity index (χ4v) is 5.31. The highest BCUT2D eigenvalue weighted by Crippen LogP contribution is 2.31. The molecule has 1 aliphatic rings. The van der Waals surface area contributed by atoms with Gasteiger partial charge in [-0.15, -0.1) is 0 Å². The van der Waals surface area contributed by atoms with Gasteiger partial charge in [-0.1, -0.05) is 12.1 Å². The van der Waals surface area contributed by atoms with Gasteiger partial charge in [-0.25, -0.2) is 19.6 Å². The van der Waals surface area contributed by atoms with Crippen molar-refractivity contribution in [2.45, 2.75) is 46.3 Å². The molecule has 9 nitrogen and oxygen atoms in total. The molecule has 0 fully saturated rings. The van der Waals surface area contributed by atoms with E-state index in [9.17, 15) is 9.59 Å². The van der Waals surface area contributed by atoms with E-state index in [1.54, 1.807) is 12.3 Å². The van der Waals surface area contributed by atoms with Crippen LogP contribution in [0.3, 0.4) is 0 Å². The van der Waals surface area contributed by atoms with Crippen LogP contribution in [-0.2, 0) is 23.1 Å². The lowest BCUT2D eigenvalue weighted by Gasteiger charge is -2.27. The van der Waals surface area contributed by atoms with Crippen molar-refractivity contribution in [2.75, 3.05) is 25.5 Å². The number of hydrogen-bond donors (Lipinski definition) is 1. The standard InChI is InChI=1S/C33H37N5O4/c1-21-17-23(31(39)41-6)7-9-26(21)22-12-15-38(16-13-22)20-25-18-28-27(11-14-34-30(28)37(25)5)24-8-10-29(35-19-24)36-32(40)42-33(2,3)4/h7-12,14,17-19H,13,15-16,20H2,1-6H3,(H,35,36,40). The van der Waals surface area contributed by atoms with Crippen LogP contribution in [0.25, 0.3) is 27.7 Å². The zero-order chi connectivity index (χ0) is 30.0. The van der Waals surface area contributed by atoms with Crippen LogP contribution in [0.4, 0.5) is 10.6 Å². The minimum atomic E-state index is -0.581. The molecule has 0 bridgehead atoms. The van der Waals surface area contributed by atoms with Gasteiger partial charge in [0.1, 0.15) is 17.1 Å². The Bertz CT molecular complexity index is 1660. The summed E-state index contributed by atoms with van der Waals surface area (Å²) in [5.74, 6) is 0.115. The molecule has 1 aliphatic heterocycles. The minimum absolute atomic E-state index is 0.315. The van der Waals surface area contributed by atoms with Gasteiger partial charge in [0.15, 0.2) is 0 Å². The number of benzene rings is 1. The average Bonchev–Trinajstić information content (AvgIpc) is 3.27. The van der Waals surface area contributed by atoms with E-state index in [-0.39, 0.29) is 5.97 Å². The van der Waals surface area contributed by atoms with Crippen molar-refractivity contribution in [1.29, 1.82) is 0 Å². The molecule has 9 heteroatoms. The molecule has 0 unspecified atom stereocenters. The lowest BCUT2D eigenvalue weighted by atomic mass is 9.94. The SMILES string of the molecule is COC(=O)c1ccc(C2=CCN(Cc3cc4c(-c5ccc(NC(=O)OC(C)(C)C)nc5)ccnc4n3C)CC2)c(C)c1. The highest BCUT2D eigenvalue weighted by Gasteiger charge is 2.20. The maximum Gasteiger partial charge on any atom is 0.413 e. The largest absolute Gasteiger partial charge is 0.465 e. The highest BCUT2D eigenvalue weighted by atomic mass is 16.6. The van der Waals surface area contributed by atoms with Crippen molar-refractivity contribution in [3.05, 3.63) is 83.3 Å². The van der Waals surface area contributed by atoms with Crippen LogP contribution in [0, 0.1) is 6.92 Å². The van der Waals surface area contributed by atoms with Crippen LogP contribution in [0.15, 0.2) is 60.9 Å². The predicted octanol–water partition coefficient (Wildman–Crippen LogP) is 6.37. The number of carbonyl (C=O) groups excluding carboxylic acids is 2. The molecule has 0 spiro atoms. The number of nitrogens with zero attached hydrogens (tertiary/aromatic N) is 4. The fraction of sp³-hybridized carbons (Fsp3) is 0.333. The number of fused-ring (bicyclic) bond motifs is 1. The highest BCUT2D eigenvalue weighted by molar-refractivity contribution is 5.94. The summed E-state index contributed by atoms with van der Waals surface area (Å²) in [5, 5.41) is 3.74. The molecule has 4 heterocycles. The van der Waals surface area contributed by atoms with Gasteiger partial charge in [0.2, 0.25) is 0 Å². The van der Waals surface area contributed by atoms with E-state index in [0.29, 0.717) is 11.4 Å². The summed E-state index contributed by atoms with van der Waals surface area (Å²) in [6, 6.07) is 13.7. The van der Waals surface area contributed by atoms with Crippen LogP contribution in [0.1, 0.15) is 54.4 Å². The van der Waals surface area contributed by atoms with Crippen molar-refractivity contribution in [1.82, 2.24) is 19.4 Å². The molecule has 1 amide bonds. The van der Waals surface area contributed by atoms with Gasteiger partial charge >= 0.3 is 12.1 Å². The van der Waals surface area contributed by atoms with Gasteiger partial charge in [-0.3, -0.25) is 10.2 Å². The average molecular weight is 568 g/mol. The molecule has 0 saturated heterocycles. The Balaban J connectivity index is 1.30. The Morgan fingerprint density at radius 3 is 2.50 bits per heavy atom. The summed E-state index contributed by atoms with van der Waals surface area (Å²) in [6.07, 6.45) is 6.26.